The largest absolute Gasteiger partial charge is 0.497 e. The maximum Gasteiger partial charge on any atom is 0.263 e. The Bertz CT molecular complexity index is 1340. The summed E-state index contributed by atoms with van der Waals surface area (Å²) in [6.07, 6.45) is 0.208. The van der Waals surface area contributed by atoms with Gasteiger partial charge in [0.1, 0.15) is 5.75 Å². The van der Waals surface area contributed by atoms with Crippen molar-refractivity contribution in [3.63, 3.8) is 0 Å². The molecule has 0 aliphatic carbocycles. The highest BCUT2D eigenvalue weighted by molar-refractivity contribution is 7.93. The third-order valence-corrected chi connectivity index (χ3v) is 6.86. The zero-order valence-corrected chi connectivity index (χ0v) is 18.2. The number of carbonyl (C=O) groups excluding carboxylic acids is 1. The molecule has 4 rings (SSSR count). The second-order valence-corrected chi connectivity index (χ2v) is 9.41. The standard InChI is InChI=1S/C22H19N3O4S2/c1-29-17-7-5-6-15(12-17)13-21(26)23-16-10-11-19-20(14-16)30-22(24-19)25-31(27,28)18-8-3-2-4-9-18/h2-12,14H,13H2,1H3,(H,23,26)(H,24,25). The Kier molecular flexibility index (Phi) is 5.88. The van der Waals surface area contributed by atoms with Crippen molar-refractivity contribution in [3.8, 4) is 5.75 Å². The molecule has 0 radical (unpaired) electrons. The van der Waals surface area contributed by atoms with Crippen LogP contribution in [0.3, 0.4) is 0 Å². The molecule has 4 aromatic rings. The third-order valence-electron chi connectivity index (χ3n) is 4.45. The fraction of sp³-hybridized carbons (Fsp3) is 0.0909. The fourth-order valence-corrected chi connectivity index (χ4v) is 5.15. The number of amides is 1. The van der Waals surface area contributed by atoms with Gasteiger partial charge in [-0.15, -0.1) is 0 Å². The van der Waals surface area contributed by atoms with Crippen LogP contribution in [0.4, 0.5) is 10.8 Å². The number of methoxy groups -OCH3 is 1. The maximum atomic E-state index is 12.5. The van der Waals surface area contributed by atoms with Gasteiger partial charge in [-0.05, 0) is 48.0 Å². The molecule has 0 saturated heterocycles. The first-order valence-corrected chi connectivity index (χ1v) is 11.6. The van der Waals surface area contributed by atoms with Gasteiger partial charge in [0.25, 0.3) is 10.0 Å². The summed E-state index contributed by atoms with van der Waals surface area (Å²) in [4.78, 5) is 16.9. The zero-order valence-electron chi connectivity index (χ0n) is 16.5. The van der Waals surface area contributed by atoms with E-state index in [9.17, 15) is 13.2 Å². The van der Waals surface area contributed by atoms with Crippen LogP contribution >= 0.6 is 11.3 Å². The van der Waals surface area contributed by atoms with Gasteiger partial charge in [0, 0.05) is 5.69 Å². The van der Waals surface area contributed by atoms with Gasteiger partial charge >= 0.3 is 0 Å². The van der Waals surface area contributed by atoms with E-state index in [1.807, 2.05) is 24.3 Å². The fourth-order valence-electron chi connectivity index (χ4n) is 2.99. The highest BCUT2D eigenvalue weighted by Gasteiger charge is 2.16. The lowest BCUT2D eigenvalue weighted by molar-refractivity contribution is -0.115. The topological polar surface area (TPSA) is 97.4 Å². The summed E-state index contributed by atoms with van der Waals surface area (Å²) >= 11 is 1.20. The average Bonchev–Trinajstić information content (AvgIpc) is 3.15. The van der Waals surface area contributed by atoms with Crippen LogP contribution in [0.1, 0.15) is 5.56 Å². The summed E-state index contributed by atoms with van der Waals surface area (Å²) in [5.74, 6) is 0.531. The van der Waals surface area contributed by atoms with Crippen LogP contribution in [0.25, 0.3) is 10.2 Å². The van der Waals surface area contributed by atoms with Crippen LogP contribution in [0.5, 0.6) is 5.75 Å². The number of nitrogens with zero attached hydrogens (tertiary/aromatic N) is 1. The van der Waals surface area contributed by atoms with Crippen LogP contribution in [-0.2, 0) is 21.2 Å². The summed E-state index contributed by atoms with van der Waals surface area (Å²) in [6.45, 7) is 0. The first-order valence-electron chi connectivity index (χ1n) is 9.34. The number of benzene rings is 3. The number of ether oxygens (including phenoxy) is 1. The molecule has 0 fully saturated rings. The number of carbonyl (C=O) groups is 1. The van der Waals surface area contributed by atoms with Gasteiger partial charge in [-0.2, -0.15) is 0 Å². The third kappa shape index (κ3) is 5.01. The second kappa shape index (κ2) is 8.75. The lowest BCUT2D eigenvalue weighted by Crippen LogP contribution is -2.14. The molecule has 0 spiro atoms. The van der Waals surface area contributed by atoms with E-state index in [-0.39, 0.29) is 22.4 Å². The zero-order chi connectivity index (χ0) is 21.8. The van der Waals surface area contributed by atoms with E-state index in [2.05, 4.69) is 15.0 Å². The minimum atomic E-state index is -3.71. The number of hydrogen-bond donors (Lipinski definition) is 2. The minimum absolute atomic E-state index is 0.165. The predicted octanol–water partition coefficient (Wildman–Crippen LogP) is 4.29. The van der Waals surface area contributed by atoms with E-state index in [4.69, 9.17) is 4.74 Å². The van der Waals surface area contributed by atoms with E-state index < -0.39 is 10.0 Å². The van der Waals surface area contributed by atoms with Crippen molar-refractivity contribution < 1.29 is 17.9 Å². The quantitative estimate of drug-likeness (QED) is 0.435. The molecule has 2 N–H and O–H groups in total. The molecule has 0 unspecified atom stereocenters. The van der Waals surface area contributed by atoms with Crippen LogP contribution in [-0.4, -0.2) is 26.4 Å². The van der Waals surface area contributed by atoms with Gasteiger partial charge < -0.3 is 10.1 Å². The van der Waals surface area contributed by atoms with Crippen molar-refractivity contribution in [1.29, 1.82) is 0 Å². The number of fused-ring (bicyclic) bond motifs is 1. The van der Waals surface area contributed by atoms with Gasteiger partial charge in [0.15, 0.2) is 5.13 Å². The van der Waals surface area contributed by atoms with Gasteiger partial charge in [-0.1, -0.05) is 41.7 Å². The van der Waals surface area contributed by atoms with Crippen LogP contribution in [0.2, 0.25) is 0 Å². The lowest BCUT2D eigenvalue weighted by Gasteiger charge is -2.06. The minimum Gasteiger partial charge on any atom is -0.497 e. The Hall–Kier alpha value is -3.43. The van der Waals surface area contributed by atoms with E-state index in [0.717, 1.165) is 10.3 Å². The number of nitrogens with one attached hydrogen (secondary N) is 2. The molecule has 0 bridgehead atoms. The molecule has 1 aromatic heterocycles. The molecule has 31 heavy (non-hydrogen) atoms. The molecule has 3 aromatic carbocycles. The molecule has 1 heterocycles. The second-order valence-electron chi connectivity index (χ2n) is 6.70. The van der Waals surface area contributed by atoms with Crippen molar-refractivity contribution in [3.05, 3.63) is 78.4 Å². The van der Waals surface area contributed by atoms with Gasteiger partial charge in [0.05, 0.1) is 28.6 Å². The van der Waals surface area contributed by atoms with Crippen molar-refractivity contribution in [2.75, 3.05) is 17.1 Å². The Morgan fingerprint density at radius 3 is 2.61 bits per heavy atom. The van der Waals surface area contributed by atoms with Gasteiger partial charge in [-0.25, -0.2) is 13.4 Å². The Morgan fingerprint density at radius 1 is 1.03 bits per heavy atom. The maximum absolute atomic E-state index is 12.5. The highest BCUT2D eigenvalue weighted by atomic mass is 32.2. The number of aromatic nitrogens is 1. The normalized spacial score (nSPS) is 11.3. The average molecular weight is 454 g/mol. The number of hydrogen-bond acceptors (Lipinski definition) is 6. The molecule has 0 aliphatic heterocycles. The Morgan fingerprint density at radius 2 is 1.84 bits per heavy atom. The molecule has 158 valence electrons. The molecular formula is C22H19N3O4S2. The summed E-state index contributed by atoms with van der Waals surface area (Å²) in [7, 11) is -2.13. The lowest BCUT2D eigenvalue weighted by atomic mass is 10.1. The summed E-state index contributed by atoms with van der Waals surface area (Å²) < 4.78 is 33.4. The Labute approximate surface area is 183 Å². The van der Waals surface area contributed by atoms with Crippen molar-refractivity contribution in [1.82, 2.24) is 4.98 Å². The monoisotopic (exact) mass is 453 g/mol. The predicted molar refractivity (Wildman–Crippen MR) is 122 cm³/mol. The van der Waals surface area contributed by atoms with Crippen molar-refractivity contribution in [2.24, 2.45) is 0 Å². The van der Waals surface area contributed by atoms with Crippen LogP contribution in [0.15, 0.2) is 77.7 Å². The van der Waals surface area contributed by atoms with E-state index in [1.54, 1.807) is 43.5 Å². The smallest absolute Gasteiger partial charge is 0.263 e. The molecular weight excluding hydrogens is 434 g/mol. The highest BCUT2D eigenvalue weighted by Crippen LogP contribution is 2.30. The molecule has 0 aliphatic rings. The molecule has 0 atom stereocenters. The number of sulfonamides is 1. The number of anilines is 2. The van der Waals surface area contributed by atoms with Crippen LogP contribution in [0, 0.1) is 0 Å². The molecule has 1 amide bonds. The number of rotatable bonds is 7. The molecule has 7 nitrogen and oxygen atoms in total. The van der Waals surface area contributed by atoms with Crippen LogP contribution < -0.4 is 14.8 Å². The van der Waals surface area contributed by atoms with Crippen molar-refractivity contribution in [2.45, 2.75) is 11.3 Å². The SMILES string of the molecule is COc1cccc(CC(=O)Nc2ccc3nc(NS(=O)(=O)c4ccccc4)sc3c2)c1. The first-order chi connectivity index (χ1) is 14.9. The molecule has 0 saturated carbocycles. The number of thiazole rings is 1. The summed E-state index contributed by atoms with van der Waals surface area (Å²) in [5, 5.41) is 3.13. The van der Waals surface area contributed by atoms with Crippen molar-refractivity contribution >= 4 is 48.3 Å². The van der Waals surface area contributed by atoms with E-state index in [1.165, 1.54) is 23.5 Å². The van der Waals surface area contributed by atoms with Gasteiger partial charge in [0.2, 0.25) is 5.91 Å². The first kappa shape index (κ1) is 20.8. The van der Waals surface area contributed by atoms with E-state index >= 15 is 0 Å². The summed E-state index contributed by atoms with van der Waals surface area (Å²) in [5.41, 5.74) is 2.09. The Balaban J connectivity index is 1.48. The van der Waals surface area contributed by atoms with E-state index in [0.29, 0.717) is 17.0 Å². The molecule has 9 heteroatoms. The summed E-state index contributed by atoms with van der Waals surface area (Å²) in [6, 6.07) is 20.7. The van der Waals surface area contributed by atoms with Gasteiger partial charge in [-0.3, -0.25) is 9.52 Å².